The standard InChI is InChI=1S/C14H15N3O2/c1-2-19-12-6-4-3-5-11(12)7-8-14(18)16-13-9-10-15-17-13/h3-10H,2H2,1H3,(H2,15,16,17,18)/b8-7+. The molecule has 0 fully saturated rings. The number of nitrogens with one attached hydrogen (secondary N) is 2. The Hall–Kier alpha value is -2.56. The Morgan fingerprint density at radius 1 is 1.42 bits per heavy atom. The molecule has 1 heterocycles. The zero-order valence-corrected chi connectivity index (χ0v) is 10.6. The van der Waals surface area contributed by atoms with Gasteiger partial charge in [-0.25, -0.2) is 0 Å². The number of benzene rings is 1. The van der Waals surface area contributed by atoms with E-state index in [9.17, 15) is 4.79 Å². The second-order valence-electron chi connectivity index (χ2n) is 3.76. The third kappa shape index (κ3) is 3.70. The second-order valence-corrected chi connectivity index (χ2v) is 3.76. The molecule has 0 unspecified atom stereocenters. The van der Waals surface area contributed by atoms with Crippen LogP contribution in [0.1, 0.15) is 12.5 Å². The molecule has 1 amide bonds. The summed E-state index contributed by atoms with van der Waals surface area (Å²) < 4.78 is 5.48. The van der Waals surface area contributed by atoms with Crippen LogP contribution in [-0.2, 0) is 4.79 Å². The molecule has 2 N–H and O–H groups in total. The predicted molar refractivity (Wildman–Crippen MR) is 73.9 cm³/mol. The zero-order valence-electron chi connectivity index (χ0n) is 10.6. The number of hydrogen-bond donors (Lipinski definition) is 2. The van der Waals surface area contributed by atoms with E-state index in [0.29, 0.717) is 12.4 Å². The highest BCUT2D eigenvalue weighted by Crippen LogP contribution is 2.19. The van der Waals surface area contributed by atoms with E-state index < -0.39 is 0 Å². The van der Waals surface area contributed by atoms with Crippen molar-refractivity contribution in [1.29, 1.82) is 0 Å². The molecule has 5 nitrogen and oxygen atoms in total. The average molecular weight is 257 g/mol. The van der Waals surface area contributed by atoms with Crippen molar-refractivity contribution in [3.8, 4) is 5.75 Å². The molecular formula is C14H15N3O2. The van der Waals surface area contributed by atoms with Crippen LogP contribution >= 0.6 is 0 Å². The van der Waals surface area contributed by atoms with E-state index in [0.717, 1.165) is 11.3 Å². The number of carbonyl (C=O) groups excluding carboxylic acids is 1. The Balaban J connectivity index is 2.03. The van der Waals surface area contributed by atoms with Gasteiger partial charge in [-0.2, -0.15) is 5.10 Å². The first-order chi connectivity index (χ1) is 9.29. The normalized spacial score (nSPS) is 10.6. The highest BCUT2D eigenvalue weighted by atomic mass is 16.5. The quantitative estimate of drug-likeness (QED) is 0.808. The molecule has 0 bridgehead atoms. The lowest BCUT2D eigenvalue weighted by atomic mass is 10.2. The van der Waals surface area contributed by atoms with Gasteiger partial charge in [0.2, 0.25) is 5.91 Å². The topological polar surface area (TPSA) is 67.0 Å². The Morgan fingerprint density at radius 3 is 3.00 bits per heavy atom. The number of carbonyl (C=O) groups is 1. The molecule has 0 aliphatic carbocycles. The van der Waals surface area contributed by atoms with E-state index in [4.69, 9.17) is 4.74 Å². The van der Waals surface area contributed by atoms with Crippen LogP contribution in [0.15, 0.2) is 42.6 Å². The maximum absolute atomic E-state index is 11.7. The second kappa shape index (κ2) is 6.39. The summed E-state index contributed by atoms with van der Waals surface area (Å²) >= 11 is 0. The van der Waals surface area contributed by atoms with Crippen LogP contribution in [0.2, 0.25) is 0 Å². The van der Waals surface area contributed by atoms with E-state index >= 15 is 0 Å². The molecule has 98 valence electrons. The summed E-state index contributed by atoms with van der Waals surface area (Å²) in [6, 6.07) is 9.24. The van der Waals surface area contributed by atoms with E-state index in [1.54, 1.807) is 18.3 Å². The summed E-state index contributed by atoms with van der Waals surface area (Å²) in [4.78, 5) is 11.7. The minimum Gasteiger partial charge on any atom is -0.493 e. The molecule has 0 spiro atoms. The van der Waals surface area contributed by atoms with Crippen LogP contribution in [0.25, 0.3) is 6.08 Å². The molecule has 5 heteroatoms. The van der Waals surface area contributed by atoms with E-state index in [-0.39, 0.29) is 5.91 Å². The number of aromatic nitrogens is 2. The smallest absolute Gasteiger partial charge is 0.249 e. The number of para-hydroxylation sites is 1. The van der Waals surface area contributed by atoms with Gasteiger partial charge in [0.15, 0.2) is 0 Å². The van der Waals surface area contributed by atoms with Gasteiger partial charge in [-0.3, -0.25) is 9.89 Å². The number of rotatable bonds is 5. The summed E-state index contributed by atoms with van der Waals surface area (Å²) in [7, 11) is 0. The molecule has 0 radical (unpaired) electrons. The number of H-pyrrole nitrogens is 1. The van der Waals surface area contributed by atoms with Crippen LogP contribution in [0.4, 0.5) is 5.82 Å². The largest absolute Gasteiger partial charge is 0.493 e. The molecule has 2 rings (SSSR count). The van der Waals surface area contributed by atoms with Crippen LogP contribution in [0.3, 0.4) is 0 Å². The van der Waals surface area contributed by atoms with Crippen molar-refractivity contribution in [2.75, 3.05) is 11.9 Å². The van der Waals surface area contributed by atoms with Gasteiger partial charge < -0.3 is 10.1 Å². The summed E-state index contributed by atoms with van der Waals surface area (Å²) in [6.07, 6.45) is 4.75. The van der Waals surface area contributed by atoms with Crippen molar-refractivity contribution >= 4 is 17.8 Å². The molecular weight excluding hydrogens is 242 g/mol. The van der Waals surface area contributed by atoms with Crippen molar-refractivity contribution in [2.24, 2.45) is 0 Å². The Morgan fingerprint density at radius 2 is 2.26 bits per heavy atom. The Bertz CT molecular complexity index is 562. The van der Waals surface area contributed by atoms with Crippen molar-refractivity contribution in [3.63, 3.8) is 0 Å². The monoisotopic (exact) mass is 257 g/mol. The molecule has 1 aromatic heterocycles. The number of ether oxygens (including phenoxy) is 1. The number of anilines is 1. The van der Waals surface area contributed by atoms with E-state index in [1.807, 2.05) is 31.2 Å². The lowest BCUT2D eigenvalue weighted by molar-refractivity contribution is -0.111. The third-order valence-electron chi connectivity index (χ3n) is 2.39. The van der Waals surface area contributed by atoms with E-state index in [1.165, 1.54) is 6.08 Å². The Labute approximate surface area is 111 Å². The third-order valence-corrected chi connectivity index (χ3v) is 2.39. The van der Waals surface area contributed by atoms with Gasteiger partial charge in [0.1, 0.15) is 11.6 Å². The number of hydrogen-bond acceptors (Lipinski definition) is 3. The first kappa shape index (κ1) is 12.9. The van der Waals surface area contributed by atoms with Crippen LogP contribution in [0.5, 0.6) is 5.75 Å². The number of amides is 1. The lowest BCUT2D eigenvalue weighted by Gasteiger charge is -2.06. The van der Waals surface area contributed by atoms with Gasteiger partial charge in [-0.1, -0.05) is 18.2 Å². The highest BCUT2D eigenvalue weighted by molar-refractivity contribution is 6.01. The molecule has 1 aromatic carbocycles. The van der Waals surface area contributed by atoms with Crippen molar-refractivity contribution in [1.82, 2.24) is 10.2 Å². The van der Waals surface area contributed by atoms with Crippen LogP contribution < -0.4 is 10.1 Å². The van der Waals surface area contributed by atoms with Gasteiger partial charge in [-0.15, -0.1) is 0 Å². The van der Waals surface area contributed by atoms with E-state index in [2.05, 4.69) is 15.5 Å². The zero-order chi connectivity index (χ0) is 13.5. The molecule has 0 saturated carbocycles. The minimum atomic E-state index is -0.226. The Kier molecular flexibility index (Phi) is 4.34. The van der Waals surface area contributed by atoms with Crippen molar-refractivity contribution in [2.45, 2.75) is 6.92 Å². The summed E-state index contributed by atoms with van der Waals surface area (Å²) in [5, 5.41) is 9.06. The number of aromatic amines is 1. The minimum absolute atomic E-state index is 0.226. The fourth-order valence-electron chi connectivity index (χ4n) is 1.57. The fourth-order valence-corrected chi connectivity index (χ4v) is 1.57. The molecule has 2 aromatic rings. The van der Waals surface area contributed by atoms with Crippen LogP contribution in [-0.4, -0.2) is 22.7 Å². The maximum atomic E-state index is 11.7. The lowest BCUT2D eigenvalue weighted by Crippen LogP contribution is -2.07. The predicted octanol–water partition coefficient (Wildman–Crippen LogP) is 2.46. The van der Waals surface area contributed by atoms with Gasteiger partial charge in [-0.05, 0) is 19.1 Å². The highest BCUT2D eigenvalue weighted by Gasteiger charge is 2.01. The molecule has 0 aliphatic heterocycles. The van der Waals surface area contributed by atoms with Crippen LogP contribution in [0, 0.1) is 0 Å². The molecule has 0 aliphatic rings. The van der Waals surface area contributed by atoms with Gasteiger partial charge in [0.05, 0.1) is 12.8 Å². The average Bonchev–Trinajstić information content (AvgIpc) is 2.91. The first-order valence-corrected chi connectivity index (χ1v) is 6.00. The molecule has 0 atom stereocenters. The fraction of sp³-hybridized carbons (Fsp3) is 0.143. The van der Waals surface area contributed by atoms with Gasteiger partial charge >= 0.3 is 0 Å². The van der Waals surface area contributed by atoms with Crippen molar-refractivity contribution < 1.29 is 9.53 Å². The summed E-state index contributed by atoms with van der Waals surface area (Å²) in [5.41, 5.74) is 0.865. The molecule has 19 heavy (non-hydrogen) atoms. The number of nitrogens with zero attached hydrogens (tertiary/aromatic N) is 1. The van der Waals surface area contributed by atoms with Crippen molar-refractivity contribution in [3.05, 3.63) is 48.2 Å². The van der Waals surface area contributed by atoms with Gasteiger partial charge in [0, 0.05) is 17.7 Å². The summed E-state index contributed by atoms with van der Waals surface area (Å²) in [6.45, 7) is 2.51. The maximum Gasteiger partial charge on any atom is 0.249 e. The first-order valence-electron chi connectivity index (χ1n) is 6.00. The SMILES string of the molecule is CCOc1ccccc1/C=C/C(=O)Nc1ccn[nH]1. The van der Waals surface area contributed by atoms with Gasteiger partial charge in [0.25, 0.3) is 0 Å². The molecule has 0 saturated heterocycles. The summed E-state index contributed by atoms with van der Waals surface area (Å²) in [5.74, 6) is 1.10.